The molecule has 2 aliphatic rings. The Morgan fingerprint density at radius 2 is 1.56 bits per heavy atom. The molecule has 0 saturated carbocycles. The van der Waals surface area contributed by atoms with Crippen molar-refractivity contribution in [3.05, 3.63) is 59.7 Å². The molecule has 180 valence electrons. The Balaban J connectivity index is 1.26. The maximum absolute atomic E-state index is 12.7. The monoisotopic (exact) mass is 484 g/mol. The van der Waals surface area contributed by atoms with Gasteiger partial charge in [-0.2, -0.15) is 4.31 Å². The zero-order valence-electron chi connectivity index (χ0n) is 19.1. The highest BCUT2D eigenvalue weighted by Gasteiger charge is 2.30. The van der Waals surface area contributed by atoms with Gasteiger partial charge in [-0.3, -0.25) is 19.3 Å². The number of piperazine rings is 1. The Morgan fingerprint density at radius 3 is 2.18 bits per heavy atom. The topological polar surface area (TPSA) is 107 Å². The van der Waals surface area contributed by atoms with E-state index in [2.05, 4.69) is 16.3 Å². The third-order valence-corrected chi connectivity index (χ3v) is 7.96. The van der Waals surface area contributed by atoms with Crippen LogP contribution in [0.2, 0.25) is 0 Å². The second-order valence-corrected chi connectivity index (χ2v) is 10.6. The number of carbonyl (C=O) groups excluding carboxylic acids is 3. The second kappa shape index (κ2) is 9.94. The van der Waals surface area contributed by atoms with Gasteiger partial charge >= 0.3 is 0 Å². The third-order valence-electron chi connectivity index (χ3n) is 6.08. The van der Waals surface area contributed by atoms with Crippen molar-refractivity contribution < 1.29 is 22.8 Å². The van der Waals surface area contributed by atoms with Crippen molar-refractivity contribution in [1.29, 1.82) is 0 Å². The van der Waals surface area contributed by atoms with Crippen molar-refractivity contribution in [2.45, 2.75) is 19.8 Å². The first-order valence-corrected chi connectivity index (χ1v) is 12.9. The van der Waals surface area contributed by atoms with Gasteiger partial charge < -0.3 is 10.2 Å². The maximum atomic E-state index is 12.7. The molecule has 1 N–H and O–H groups in total. The minimum Gasteiger partial charge on any atom is -0.369 e. The van der Waals surface area contributed by atoms with E-state index in [9.17, 15) is 22.8 Å². The van der Waals surface area contributed by atoms with Crippen molar-refractivity contribution in [2.24, 2.45) is 0 Å². The molecule has 2 aliphatic heterocycles. The van der Waals surface area contributed by atoms with E-state index in [1.807, 2.05) is 25.1 Å². The fourth-order valence-electron chi connectivity index (χ4n) is 4.20. The van der Waals surface area contributed by atoms with Crippen LogP contribution in [0, 0.1) is 6.92 Å². The molecule has 2 fully saturated rings. The van der Waals surface area contributed by atoms with Gasteiger partial charge in [-0.05, 0) is 48.9 Å². The molecule has 0 unspecified atom stereocenters. The average molecular weight is 485 g/mol. The zero-order chi connectivity index (χ0) is 24.3. The molecule has 0 bridgehead atoms. The number of benzene rings is 2. The molecule has 2 saturated heterocycles. The molecular weight excluding hydrogens is 456 g/mol. The van der Waals surface area contributed by atoms with Crippen LogP contribution in [0.1, 0.15) is 28.8 Å². The summed E-state index contributed by atoms with van der Waals surface area (Å²) in [5.74, 6) is -1.11. The van der Waals surface area contributed by atoms with Gasteiger partial charge in [0.25, 0.3) is 5.91 Å². The summed E-state index contributed by atoms with van der Waals surface area (Å²) in [6.45, 7) is 4.05. The van der Waals surface area contributed by atoms with Crippen LogP contribution in [0.15, 0.2) is 48.5 Å². The van der Waals surface area contributed by atoms with Crippen LogP contribution in [0.5, 0.6) is 0 Å². The summed E-state index contributed by atoms with van der Waals surface area (Å²) in [6.07, 6.45) is 0.382. The van der Waals surface area contributed by atoms with Crippen LogP contribution in [0.4, 0.5) is 11.4 Å². The fourth-order valence-corrected chi connectivity index (χ4v) is 5.54. The van der Waals surface area contributed by atoms with Crippen LogP contribution >= 0.6 is 0 Å². The molecule has 3 amide bonds. The Hall–Kier alpha value is -3.24. The number of nitrogens with zero attached hydrogens (tertiary/aromatic N) is 3. The van der Waals surface area contributed by atoms with Gasteiger partial charge in [0, 0.05) is 56.8 Å². The van der Waals surface area contributed by atoms with Crippen LogP contribution in [0.25, 0.3) is 0 Å². The van der Waals surface area contributed by atoms with Crippen molar-refractivity contribution in [1.82, 2.24) is 9.62 Å². The Morgan fingerprint density at radius 1 is 0.912 bits per heavy atom. The van der Waals surface area contributed by atoms with Crippen LogP contribution in [-0.4, -0.2) is 68.9 Å². The van der Waals surface area contributed by atoms with Crippen LogP contribution in [0.3, 0.4) is 0 Å². The number of carbonyl (C=O) groups is 3. The molecule has 0 aromatic heterocycles. The Kier molecular flexibility index (Phi) is 6.99. The smallest absolute Gasteiger partial charge is 0.251 e. The van der Waals surface area contributed by atoms with Gasteiger partial charge in [-0.15, -0.1) is 0 Å². The molecule has 9 nitrogen and oxygen atoms in total. The minimum absolute atomic E-state index is 0.00981. The number of hydrogen-bond acceptors (Lipinski definition) is 6. The van der Waals surface area contributed by atoms with Crippen molar-refractivity contribution in [3.63, 3.8) is 0 Å². The van der Waals surface area contributed by atoms with Gasteiger partial charge in [0.1, 0.15) is 0 Å². The quantitative estimate of drug-likeness (QED) is 0.598. The highest BCUT2D eigenvalue weighted by atomic mass is 32.2. The van der Waals surface area contributed by atoms with Gasteiger partial charge in [-0.1, -0.05) is 12.1 Å². The molecule has 0 aliphatic carbocycles. The number of anilines is 2. The van der Waals surface area contributed by atoms with E-state index in [4.69, 9.17) is 0 Å². The predicted molar refractivity (Wildman–Crippen MR) is 129 cm³/mol. The van der Waals surface area contributed by atoms with E-state index in [1.54, 1.807) is 12.1 Å². The first-order valence-electron chi connectivity index (χ1n) is 11.3. The van der Waals surface area contributed by atoms with Crippen molar-refractivity contribution in [2.75, 3.05) is 48.3 Å². The number of amides is 3. The fraction of sp³-hybridized carbons (Fsp3) is 0.375. The van der Waals surface area contributed by atoms with Crippen molar-refractivity contribution >= 4 is 39.1 Å². The third kappa shape index (κ3) is 5.28. The van der Waals surface area contributed by atoms with E-state index in [0.29, 0.717) is 37.4 Å². The summed E-state index contributed by atoms with van der Waals surface area (Å²) in [6, 6.07) is 14.3. The number of nitrogens with one attached hydrogen (secondary N) is 1. The highest BCUT2D eigenvalue weighted by Crippen LogP contribution is 2.23. The highest BCUT2D eigenvalue weighted by molar-refractivity contribution is 7.89. The van der Waals surface area contributed by atoms with Crippen LogP contribution < -0.4 is 15.1 Å². The predicted octanol–water partition coefficient (Wildman–Crippen LogP) is 1.53. The number of aryl methyl sites for hydroxylation is 1. The summed E-state index contributed by atoms with van der Waals surface area (Å²) < 4.78 is 27.0. The largest absolute Gasteiger partial charge is 0.369 e. The first kappa shape index (κ1) is 23.9. The lowest BCUT2D eigenvalue weighted by atomic mass is 10.2. The summed E-state index contributed by atoms with van der Waals surface area (Å²) in [5, 5.41) is 2.64. The molecule has 0 atom stereocenters. The average Bonchev–Trinajstić information content (AvgIpc) is 3.17. The number of hydrogen-bond donors (Lipinski definition) is 1. The van der Waals surface area contributed by atoms with Crippen LogP contribution in [-0.2, 0) is 19.6 Å². The first-order chi connectivity index (χ1) is 16.2. The molecular formula is C24H28N4O5S. The van der Waals surface area contributed by atoms with E-state index in [0.717, 1.165) is 16.2 Å². The normalized spacial score (nSPS) is 17.3. The molecule has 2 aromatic rings. The lowest BCUT2D eigenvalue weighted by Gasteiger charge is -2.35. The SMILES string of the molecule is Cc1cccc(N2CCN(S(=O)(=O)CCNC(=O)c3ccc(N4C(=O)CCC4=O)cc3)CC2)c1. The zero-order valence-corrected chi connectivity index (χ0v) is 19.9. The van der Waals surface area contributed by atoms with E-state index >= 15 is 0 Å². The molecule has 10 heteroatoms. The van der Waals surface area contributed by atoms with Crippen molar-refractivity contribution in [3.8, 4) is 0 Å². The van der Waals surface area contributed by atoms with E-state index in [-0.39, 0.29) is 37.0 Å². The van der Waals surface area contributed by atoms with E-state index < -0.39 is 15.9 Å². The van der Waals surface area contributed by atoms with Gasteiger partial charge in [0.05, 0.1) is 11.4 Å². The molecule has 34 heavy (non-hydrogen) atoms. The number of imide groups is 1. The summed E-state index contributed by atoms with van der Waals surface area (Å²) in [5.41, 5.74) is 3.01. The summed E-state index contributed by atoms with van der Waals surface area (Å²) in [4.78, 5) is 39.4. The minimum atomic E-state index is -3.49. The standard InChI is InChI=1S/C24H28N4O5S/c1-18-3-2-4-21(17-18)26-12-14-27(15-13-26)34(32,33)16-11-25-24(31)19-5-7-20(8-6-19)28-22(29)9-10-23(28)30/h2-8,17H,9-16H2,1H3,(H,25,31). The van der Waals surface area contributed by atoms with Gasteiger partial charge in [-0.25, -0.2) is 8.42 Å². The molecule has 0 radical (unpaired) electrons. The summed E-state index contributed by atoms with van der Waals surface area (Å²) >= 11 is 0. The molecule has 2 aromatic carbocycles. The van der Waals surface area contributed by atoms with Gasteiger partial charge in [0.15, 0.2) is 0 Å². The Bertz CT molecular complexity index is 1170. The number of sulfonamides is 1. The lowest BCUT2D eigenvalue weighted by Crippen LogP contribution is -2.50. The maximum Gasteiger partial charge on any atom is 0.251 e. The molecule has 0 spiro atoms. The molecule has 2 heterocycles. The Labute approximate surface area is 199 Å². The van der Waals surface area contributed by atoms with Gasteiger partial charge in [0.2, 0.25) is 21.8 Å². The number of rotatable bonds is 7. The summed E-state index contributed by atoms with van der Waals surface area (Å²) in [7, 11) is -3.49. The second-order valence-electron chi connectivity index (χ2n) is 8.47. The van der Waals surface area contributed by atoms with E-state index in [1.165, 1.54) is 16.4 Å². The lowest BCUT2D eigenvalue weighted by molar-refractivity contribution is -0.121. The molecule has 4 rings (SSSR count).